The van der Waals surface area contributed by atoms with Crippen LogP contribution in [0, 0.1) is 10.1 Å². The van der Waals surface area contributed by atoms with Crippen LogP contribution >= 0.6 is 0 Å². The molecule has 6 heteroatoms. The molecule has 2 fully saturated rings. The Labute approximate surface area is 122 Å². The van der Waals surface area contributed by atoms with Gasteiger partial charge in [-0.25, -0.2) is 0 Å². The average Bonchev–Trinajstić information content (AvgIpc) is 2.53. The van der Waals surface area contributed by atoms with Gasteiger partial charge in [-0.1, -0.05) is 12.8 Å². The molecule has 0 N–H and O–H groups in total. The second-order valence-corrected chi connectivity index (χ2v) is 5.57. The third-order valence-corrected chi connectivity index (χ3v) is 4.39. The van der Waals surface area contributed by atoms with Crippen LogP contribution in [0.5, 0.6) is 0 Å². The molecule has 2 atom stereocenters. The summed E-state index contributed by atoms with van der Waals surface area (Å²) in [5.41, 5.74) is 1.13. The molecular weight excluding hydrogens is 272 g/mol. The lowest BCUT2D eigenvalue weighted by molar-refractivity contribution is -0.384. The summed E-state index contributed by atoms with van der Waals surface area (Å²) in [6, 6.07) is 4.79. The number of non-ortho nitro benzene ring substituents is 1. The highest BCUT2D eigenvalue weighted by Crippen LogP contribution is 2.34. The van der Waals surface area contributed by atoms with Gasteiger partial charge in [-0.15, -0.1) is 0 Å². The standard InChI is InChI=1S/C15H18N2O4/c18-10-11-9-12(17(19)20)5-6-13(11)16-7-8-21-15-4-2-1-3-14(15)16/h5-6,9-10,14-15H,1-4,7-8H2. The number of carbonyl (C=O) groups is 1. The van der Waals surface area contributed by atoms with Crippen LogP contribution in [-0.2, 0) is 4.74 Å². The van der Waals surface area contributed by atoms with Crippen molar-refractivity contribution in [3.63, 3.8) is 0 Å². The molecule has 1 saturated carbocycles. The normalized spacial score (nSPS) is 25.2. The maximum Gasteiger partial charge on any atom is 0.270 e. The first-order valence-corrected chi connectivity index (χ1v) is 7.32. The van der Waals surface area contributed by atoms with Crippen molar-refractivity contribution in [3.8, 4) is 0 Å². The largest absolute Gasteiger partial charge is 0.374 e. The topological polar surface area (TPSA) is 72.7 Å². The minimum absolute atomic E-state index is 0.0469. The van der Waals surface area contributed by atoms with Crippen LogP contribution in [0.15, 0.2) is 18.2 Å². The second kappa shape index (κ2) is 5.81. The Bertz CT molecular complexity index is 559. The molecule has 2 unspecified atom stereocenters. The van der Waals surface area contributed by atoms with E-state index in [1.165, 1.54) is 18.6 Å². The van der Waals surface area contributed by atoms with Crippen molar-refractivity contribution in [2.24, 2.45) is 0 Å². The Hall–Kier alpha value is -1.95. The van der Waals surface area contributed by atoms with Gasteiger partial charge >= 0.3 is 0 Å². The third-order valence-electron chi connectivity index (χ3n) is 4.39. The molecule has 1 aliphatic heterocycles. The van der Waals surface area contributed by atoms with E-state index < -0.39 is 4.92 Å². The van der Waals surface area contributed by atoms with Crippen molar-refractivity contribution in [1.29, 1.82) is 0 Å². The summed E-state index contributed by atoms with van der Waals surface area (Å²) >= 11 is 0. The van der Waals surface area contributed by atoms with E-state index in [1.807, 2.05) is 0 Å². The predicted octanol–water partition coefficient (Wildman–Crippen LogP) is 2.56. The lowest BCUT2D eigenvalue weighted by atomic mass is 9.89. The Balaban J connectivity index is 1.94. The zero-order valence-electron chi connectivity index (χ0n) is 11.7. The van der Waals surface area contributed by atoms with Gasteiger partial charge in [0.05, 0.1) is 23.7 Å². The fourth-order valence-electron chi connectivity index (χ4n) is 3.41. The number of rotatable bonds is 3. The van der Waals surface area contributed by atoms with Gasteiger partial charge in [-0.05, 0) is 18.9 Å². The van der Waals surface area contributed by atoms with Crippen molar-refractivity contribution >= 4 is 17.7 Å². The highest BCUT2D eigenvalue weighted by atomic mass is 16.6. The van der Waals surface area contributed by atoms with Crippen molar-refractivity contribution in [2.45, 2.75) is 37.8 Å². The fourth-order valence-corrected chi connectivity index (χ4v) is 3.41. The lowest BCUT2D eigenvalue weighted by Gasteiger charge is -2.45. The van der Waals surface area contributed by atoms with Crippen molar-refractivity contribution < 1.29 is 14.5 Å². The van der Waals surface area contributed by atoms with Gasteiger partial charge in [-0.3, -0.25) is 14.9 Å². The van der Waals surface area contributed by atoms with Crippen LogP contribution in [-0.4, -0.2) is 36.5 Å². The van der Waals surface area contributed by atoms with Gasteiger partial charge in [0.1, 0.15) is 0 Å². The molecule has 6 nitrogen and oxygen atoms in total. The molecule has 2 aliphatic rings. The summed E-state index contributed by atoms with van der Waals surface area (Å²) in [5.74, 6) is 0. The van der Waals surface area contributed by atoms with Gasteiger partial charge < -0.3 is 9.64 Å². The average molecular weight is 290 g/mol. The molecule has 0 bridgehead atoms. The SMILES string of the molecule is O=Cc1cc([N+](=O)[O-])ccc1N1CCOC2CCCCC21. The first-order chi connectivity index (χ1) is 10.2. The molecule has 1 aromatic rings. The Morgan fingerprint density at radius 2 is 2.14 bits per heavy atom. The molecule has 0 aromatic heterocycles. The van der Waals surface area contributed by atoms with E-state index >= 15 is 0 Å². The smallest absolute Gasteiger partial charge is 0.270 e. The quantitative estimate of drug-likeness (QED) is 0.486. The minimum atomic E-state index is -0.473. The van der Waals surface area contributed by atoms with Gasteiger partial charge in [-0.2, -0.15) is 0 Å². The highest BCUT2D eigenvalue weighted by molar-refractivity contribution is 5.86. The summed E-state index contributed by atoms with van der Waals surface area (Å²) in [7, 11) is 0. The van der Waals surface area contributed by atoms with Crippen LogP contribution < -0.4 is 4.90 Å². The highest BCUT2D eigenvalue weighted by Gasteiger charge is 2.35. The monoisotopic (exact) mass is 290 g/mol. The zero-order valence-corrected chi connectivity index (χ0v) is 11.7. The first kappa shape index (κ1) is 14.0. The summed E-state index contributed by atoms with van der Waals surface area (Å²) in [5, 5.41) is 10.8. The van der Waals surface area contributed by atoms with Crippen LogP contribution in [0.4, 0.5) is 11.4 Å². The van der Waals surface area contributed by atoms with Crippen LogP contribution in [0.3, 0.4) is 0 Å². The number of ether oxygens (including phenoxy) is 1. The Morgan fingerprint density at radius 1 is 1.33 bits per heavy atom. The molecule has 1 aliphatic carbocycles. The molecule has 1 aromatic carbocycles. The maximum absolute atomic E-state index is 11.3. The summed E-state index contributed by atoms with van der Waals surface area (Å²) in [4.78, 5) is 23.9. The van der Waals surface area contributed by atoms with Crippen molar-refractivity contribution in [3.05, 3.63) is 33.9 Å². The molecule has 1 heterocycles. The summed E-state index contributed by atoms with van der Waals surface area (Å²) in [6.45, 7) is 1.36. The number of benzene rings is 1. The number of nitrogens with zero attached hydrogens (tertiary/aromatic N) is 2. The number of morpholine rings is 1. The van der Waals surface area contributed by atoms with Crippen LogP contribution in [0.25, 0.3) is 0 Å². The van der Waals surface area contributed by atoms with Crippen molar-refractivity contribution in [1.82, 2.24) is 0 Å². The van der Waals surface area contributed by atoms with Crippen molar-refractivity contribution in [2.75, 3.05) is 18.1 Å². The number of fused-ring (bicyclic) bond motifs is 1. The molecular formula is C15H18N2O4. The minimum Gasteiger partial charge on any atom is -0.374 e. The lowest BCUT2D eigenvalue weighted by Crippen LogP contribution is -2.53. The maximum atomic E-state index is 11.3. The number of hydrogen-bond donors (Lipinski definition) is 0. The number of nitro benzene ring substituents is 1. The van der Waals surface area contributed by atoms with E-state index in [9.17, 15) is 14.9 Å². The van der Waals surface area contributed by atoms with E-state index in [-0.39, 0.29) is 17.8 Å². The number of carbonyl (C=O) groups excluding carboxylic acids is 1. The van der Waals surface area contributed by atoms with Gasteiger partial charge in [0.2, 0.25) is 0 Å². The summed E-state index contributed by atoms with van der Waals surface area (Å²) < 4.78 is 5.83. The molecule has 21 heavy (non-hydrogen) atoms. The third kappa shape index (κ3) is 2.63. The number of anilines is 1. The molecule has 1 saturated heterocycles. The molecule has 0 spiro atoms. The summed E-state index contributed by atoms with van der Waals surface area (Å²) in [6.07, 6.45) is 5.34. The van der Waals surface area contributed by atoms with Gasteiger partial charge in [0, 0.05) is 29.9 Å². The number of aldehydes is 1. The van der Waals surface area contributed by atoms with E-state index in [1.54, 1.807) is 6.07 Å². The molecule has 0 amide bonds. The van der Waals surface area contributed by atoms with E-state index in [0.29, 0.717) is 18.5 Å². The predicted molar refractivity (Wildman–Crippen MR) is 77.8 cm³/mol. The van der Waals surface area contributed by atoms with E-state index in [4.69, 9.17) is 4.74 Å². The van der Waals surface area contributed by atoms with Gasteiger partial charge in [0.25, 0.3) is 5.69 Å². The number of hydrogen-bond acceptors (Lipinski definition) is 5. The second-order valence-electron chi connectivity index (χ2n) is 5.57. The molecule has 3 rings (SSSR count). The molecule has 0 radical (unpaired) electrons. The fraction of sp³-hybridized carbons (Fsp3) is 0.533. The zero-order chi connectivity index (χ0) is 14.8. The van der Waals surface area contributed by atoms with E-state index in [2.05, 4.69) is 4.90 Å². The van der Waals surface area contributed by atoms with Crippen LogP contribution in [0.1, 0.15) is 36.0 Å². The number of nitro groups is 1. The Morgan fingerprint density at radius 3 is 2.90 bits per heavy atom. The van der Waals surface area contributed by atoms with Crippen LogP contribution in [0.2, 0.25) is 0 Å². The molecule has 112 valence electrons. The van der Waals surface area contributed by atoms with Gasteiger partial charge in [0.15, 0.2) is 6.29 Å². The first-order valence-electron chi connectivity index (χ1n) is 7.32. The Kier molecular flexibility index (Phi) is 3.88. The van der Waals surface area contributed by atoms with E-state index in [0.717, 1.165) is 31.5 Å².